The molecule has 0 spiro atoms. The van der Waals surface area contributed by atoms with Crippen molar-refractivity contribution in [1.29, 1.82) is 5.26 Å². The highest BCUT2D eigenvalue weighted by Crippen LogP contribution is 2.23. The highest BCUT2D eigenvalue weighted by atomic mass is 79.9. The molecule has 2 rings (SSSR count). The molecule has 0 saturated carbocycles. The van der Waals surface area contributed by atoms with Gasteiger partial charge in [-0.15, -0.1) is 0 Å². The lowest BCUT2D eigenvalue weighted by atomic mass is 10.3. The van der Waals surface area contributed by atoms with E-state index in [1.54, 1.807) is 12.1 Å². The highest BCUT2D eigenvalue weighted by Gasteiger charge is 2.06. The molecule has 0 atom stereocenters. The van der Waals surface area contributed by atoms with E-state index >= 15 is 0 Å². The van der Waals surface area contributed by atoms with Gasteiger partial charge in [0, 0.05) is 16.9 Å². The zero-order chi connectivity index (χ0) is 11.4. The van der Waals surface area contributed by atoms with Crippen molar-refractivity contribution in [2.75, 3.05) is 0 Å². The van der Waals surface area contributed by atoms with Crippen molar-refractivity contribution in [3.05, 3.63) is 46.8 Å². The normalized spacial score (nSPS) is 9.50. The standard InChI is InChI=1S/C11H6BrN3O/c12-8-2-1-3-9(6-8)16-11-10(7-13)14-4-5-15-11/h1-6H. The van der Waals surface area contributed by atoms with Gasteiger partial charge in [-0.1, -0.05) is 22.0 Å². The molecule has 0 N–H and O–H groups in total. The van der Waals surface area contributed by atoms with Gasteiger partial charge in [0.25, 0.3) is 5.88 Å². The minimum absolute atomic E-state index is 0.169. The Bertz CT molecular complexity index is 551. The number of hydrogen-bond donors (Lipinski definition) is 0. The summed E-state index contributed by atoms with van der Waals surface area (Å²) in [5.41, 5.74) is 0.169. The van der Waals surface area contributed by atoms with Gasteiger partial charge in [-0.3, -0.25) is 0 Å². The molecule has 1 aromatic heterocycles. The largest absolute Gasteiger partial charge is 0.436 e. The quantitative estimate of drug-likeness (QED) is 0.846. The summed E-state index contributed by atoms with van der Waals surface area (Å²) >= 11 is 3.33. The van der Waals surface area contributed by atoms with Crippen molar-refractivity contribution in [3.8, 4) is 17.7 Å². The van der Waals surface area contributed by atoms with Crippen molar-refractivity contribution in [3.63, 3.8) is 0 Å². The molecule has 0 amide bonds. The minimum Gasteiger partial charge on any atom is -0.436 e. The average Bonchev–Trinajstić information content (AvgIpc) is 2.30. The molecular formula is C11H6BrN3O. The first-order chi connectivity index (χ1) is 7.79. The van der Waals surface area contributed by atoms with Crippen molar-refractivity contribution in [1.82, 2.24) is 9.97 Å². The van der Waals surface area contributed by atoms with Gasteiger partial charge in [0.15, 0.2) is 0 Å². The number of aromatic nitrogens is 2. The number of nitriles is 1. The summed E-state index contributed by atoms with van der Waals surface area (Å²) in [4.78, 5) is 7.81. The third kappa shape index (κ3) is 2.35. The van der Waals surface area contributed by atoms with Crippen LogP contribution in [0.5, 0.6) is 11.6 Å². The lowest BCUT2D eigenvalue weighted by Gasteiger charge is -2.04. The maximum atomic E-state index is 8.81. The second kappa shape index (κ2) is 4.73. The Morgan fingerprint density at radius 2 is 2.06 bits per heavy atom. The molecule has 1 aromatic carbocycles. The van der Waals surface area contributed by atoms with Crippen LogP contribution in [0.4, 0.5) is 0 Å². The lowest BCUT2D eigenvalue weighted by Crippen LogP contribution is -1.93. The van der Waals surface area contributed by atoms with E-state index in [9.17, 15) is 0 Å². The Morgan fingerprint density at radius 1 is 1.25 bits per heavy atom. The van der Waals surface area contributed by atoms with E-state index in [2.05, 4.69) is 25.9 Å². The third-order valence-electron chi connectivity index (χ3n) is 1.78. The van der Waals surface area contributed by atoms with Gasteiger partial charge in [-0.25, -0.2) is 9.97 Å². The van der Waals surface area contributed by atoms with Crippen LogP contribution in [0, 0.1) is 11.3 Å². The topological polar surface area (TPSA) is 58.8 Å². The molecule has 4 nitrogen and oxygen atoms in total. The number of rotatable bonds is 2. The number of ether oxygens (including phenoxy) is 1. The summed E-state index contributed by atoms with van der Waals surface area (Å²) in [6.07, 6.45) is 2.93. The van der Waals surface area contributed by atoms with Crippen LogP contribution in [0.25, 0.3) is 0 Å². The molecule has 16 heavy (non-hydrogen) atoms. The predicted octanol–water partition coefficient (Wildman–Crippen LogP) is 2.90. The Balaban J connectivity index is 2.31. The van der Waals surface area contributed by atoms with E-state index in [1.807, 2.05) is 18.2 Å². The van der Waals surface area contributed by atoms with Gasteiger partial charge in [-0.2, -0.15) is 5.26 Å². The summed E-state index contributed by atoms with van der Waals surface area (Å²) in [6, 6.07) is 9.20. The van der Waals surface area contributed by atoms with Crippen LogP contribution in [0.3, 0.4) is 0 Å². The van der Waals surface area contributed by atoms with E-state index in [0.29, 0.717) is 5.75 Å². The second-order valence-corrected chi connectivity index (χ2v) is 3.80. The third-order valence-corrected chi connectivity index (χ3v) is 2.27. The van der Waals surface area contributed by atoms with E-state index < -0.39 is 0 Å². The zero-order valence-corrected chi connectivity index (χ0v) is 9.68. The number of benzene rings is 1. The summed E-state index contributed by atoms with van der Waals surface area (Å²) in [5, 5.41) is 8.81. The van der Waals surface area contributed by atoms with Crippen LogP contribution >= 0.6 is 15.9 Å². The number of nitrogens with zero attached hydrogens (tertiary/aromatic N) is 3. The second-order valence-electron chi connectivity index (χ2n) is 2.88. The molecule has 0 aliphatic heterocycles. The first kappa shape index (κ1) is 10.6. The van der Waals surface area contributed by atoms with Crippen molar-refractivity contribution >= 4 is 15.9 Å². The maximum Gasteiger partial charge on any atom is 0.256 e. The Hall–Kier alpha value is -1.93. The van der Waals surface area contributed by atoms with Crippen molar-refractivity contribution in [2.24, 2.45) is 0 Å². The smallest absolute Gasteiger partial charge is 0.256 e. The van der Waals surface area contributed by atoms with Gasteiger partial charge >= 0.3 is 0 Å². The molecule has 0 aliphatic carbocycles. The fourth-order valence-corrected chi connectivity index (χ4v) is 1.50. The van der Waals surface area contributed by atoms with E-state index in [4.69, 9.17) is 10.00 Å². The Morgan fingerprint density at radius 3 is 2.81 bits per heavy atom. The Labute approximate surface area is 101 Å². The first-order valence-electron chi connectivity index (χ1n) is 4.44. The average molecular weight is 276 g/mol. The summed E-state index contributed by atoms with van der Waals surface area (Å²) < 4.78 is 6.35. The fourth-order valence-electron chi connectivity index (χ4n) is 1.12. The molecule has 0 saturated heterocycles. The summed E-state index contributed by atoms with van der Waals surface area (Å²) in [5.74, 6) is 0.814. The molecule has 0 radical (unpaired) electrons. The van der Waals surface area contributed by atoms with Crippen LogP contribution < -0.4 is 4.74 Å². The molecule has 0 bridgehead atoms. The summed E-state index contributed by atoms with van der Waals surface area (Å²) in [7, 11) is 0. The predicted molar refractivity (Wildman–Crippen MR) is 61.0 cm³/mol. The molecule has 1 heterocycles. The van der Waals surface area contributed by atoms with Crippen LogP contribution in [0.15, 0.2) is 41.1 Å². The fraction of sp³-hybridized carbons (Fsp3) is 0. The molecule has 0 aliphatic rings. The van der Waals surface area contributed by atoms with Crippen molar-refractivity contribution in [2.45, 2.75) is 0 Å². The SMILES string of the molecule is N#Cc1nccnc1Oc1cccc(Br)c1. The maximum absolute atomic E-state index is 8.81. The van der Waals surface area contributed by atoms with Gasteiger partial charge in [0.1, 0.15) is 11.8 Å². The Kier molecular flexibility index (Phi) is 3.13. The van der Waals surface area contributed by atoms with Crippen LogP contribution in [-0.2, 0) is 0 Å². The monoisotopic (exact) mass is 275 g/mol. The number of hydrogen-bond acceptors (Lipinski definition) is 4. The van der Waals surface area contributed by atoms with E-state index in [0.717, 1.165) is 4.47 Å². The van der Waals surface area contributed by atoms with Crippen LogP contribution in [-0.4, -0.2) is 9.97 Å². The lowest BCUT2D eigenvalue weighted by molar-refractivity contribution is 0.458. The van der Waals surface area contributed by atoms with Gasteiger partial charge in [-0.05, 0) is 18.2 Å². The molecule has 0 fully saturated rings. The molecular weight excluding hydrogens is 270 g/mol. The highest BCUT2D eigenvalue weighted by molar-refractivity contribution is 9.10. The van der Waals surface area contributed by atoms with Gasteiger partial charge in [0.05, 0.1) is 0 Å². The van der Waals surface area contributed by atoms with Gasteiger partial charge < -0.3 is 4.74 Å². The summed E-state index contributed by atoms with van der Waals surface area (Å²) in [6.45, 7) is 0. The van der Waals surface area contributed by atoms with Crippen LogP contribution in [0.1, 0.15) is 5.69 Å². The molecule has 0 unspecified atom stereocenters. The van der Waals surface area contributed by atoms with Crippen LogP contribution in [0.2, 0.25) is 0 Å². The van der Waals surface area contributed by atoms with E-state index in [-0.39, 0.29) is 11.6 Å². The van der Waals surface area contributed by atoms with E-state index in [1.165, 1.54) is 12.4 Å². The van der Waals surface area contributed by atoms with Crippen molar-refractivity contribution < 1.29 is 4.74 Å². The molecule has 5 heteroatoms. The molecule has 78 valence electrons. The van der Waals surface area contributed by atoms with Gasteiger partial charge in [0.2, 0.25) is 5.69 Å². The number of halogens is 1. The zero-order valence-electron chi connectivity index (χ0n) is 8.09. The molecule has 2 aromatic rings. The minimum atomic E-state index is 0.169. The first-order valence-corrected chi connectivity index (χ1v) is 5.23.